The summed E-state index contributed by atoms with van der Waals surface area (Å²) in [6.07, 6.45) is 10.3. The monoisotopic (exact) mass is 320 g/mol. The summed E-state index contributed by atoms with van der Waals surface area (Å²) in [5, 5.41) is 10.0. The molecule has 1 nitrogen and oxygen atoms in total. The van der Waals surface area contributed by atoms with Gasteiger partial charge in [0, 0.05) is 5.41 Å². The lowest BCUT2D eigenvalue weighted by Crippen LogP contribution is -2.56. The van der Waals surface area contributed by atoms with Crippen LogP contribution in [0.5, 0.6) is 0 Å². The molecule has 0 saturated heterocycles. The van der Waals surface area contributed by atoms with Crippen LogP contribution in [0.3, 0.4) is 0 Å². The summed E-state index contributed by atoms with van der Waals surface area (Å²) in [6.45, 7) is 6.82. The van der Waals surface area contributed by atoms with Crippen molar-refractivity contribution in [3.63, 3.8) is 0 Å². The number of halogens is 1. The van der Waals surface area contributed by atoms with Gasteiger partial charge in [-0.05, 0) is 80.5 Å². The van der Waals surface area contributed by atoms with E-state index in [4.69, 9.17) is 0 Å². The fourth-order valence-corrected chi connectivity index (χ4v) is 7.18. The first-order chi connectivity index (χ1) is 10.9. The van der Waals surface area contributed by atoms with E-state index in [-0.39, 0.29) is 22.9 Å². The molecule has 130 valence electrons. The molecule has 0 radical (unpaired) electrons. The number of rotatable bonds is 0. The third kappa shape index (κ3) is 2.19. The van der Waals surface area contributed by atoms with Gasteiger partial charge in [0.1, 0.15) is 6.17 Å². The fraction of sp³-hybridized carbons (Fsp3) is 0.905. The lowest BCUT2D eigenvalue weighted by molar-refractivity contribution is -0.124. The van der Waals surface area contributed by atoms with Gasteiger partial charge in [-0.2, -0.15) is 0 Å². The van der Waals surface area contributed by atoms with Crippen molar-refractivity contribution in [1.29, 1.82) is 0 Å². The van der Waals surface area contributed by atoms with Gasteiger partial charge in [-0.1, -0.05) is 32.4 Å². The second-order valence-corrected chi connectivity index (χ2v) is 9.63. The smallest absolute Gasteiger partial charge is 0.108 e. The molecule has 0 spiro atoms. The summed E-state index contributed by atoms with van der Waals surface area (Å²) in [6, 6.07) is 0. The van der Waals surface area contributed by atoms with E-state index >= 15 is 4.39 Å². The SMILES string of the molecule is C[C@@H]1CCC2C3CCC4=CC(O)CC[C@]4(C)C3CC[C@]2(C)[C@H]1F. The average molecular weight is 320 g/mol. The molecule has 1 N–H and O–H groups in total. The van der Waals surface area contributed by atoms with Crippen LogP contribution in [0.25, 0.3) is 0 Å². The van der Waals surface area contributed by atoms with Crippen molar-refractivity contribution in [3.05, 3.63) is 11.6 Å². The summed E-state index contributed by atoms with van der Waals surface area (Å²) >= 11 is 0. The van der Waals surface area contributed by atoms with E-state index in [0.29, 0.717) is 17.8 Å². The molecule has 2 heteroatoms. The molecule has 3 saturated carbocycles. The van der Waals surface area contributed by atoms with Crippen LogP contribution in [0.1, 0.15) is 72.1 Å². The lowest BCUT2D eigenvalue weighted by atomic mass is 9.44. The van der Waals surface area contributed by atoms with Gasteiger partial charge in [0.25, 0.3) is 0 Å². The van der Waals surface area contributed by atoms with Crippen LogP contribution in [0.15, 0.2) is 11.6 Å². The highest BCUT2D eigenvalue weighted by Crippen LogP contribution is 2.65. The van der Waals surface area contributed by atoms with E-state index in [0.717, 1.165) is 32.1 Å². The number of hydrogen-bond acceptors (Lipinski definition) is 1. The molecule has 23 heavy (non-hydrogen) atoms. The van der Waals surface area contributed by atoms with Gasteiger partial charge in [-0.25, -0.2) is 4.39 Å². The van der Waals surface area contributed by atoms with Crippen LogP contribution < -0.4 is 0 Å². The standard InChI is InChI=1S/C21H33FO/c1-13-4-7-17-16-6-5-14-12-15(23)8-10-20(14,2)18(16)9-11-21(17,3)19(13)22/h12-13,15-19,23H,4-11H2,1-3H3/t13-,15?,16?,17?,18?,19+,20+,21+/m1/s1. The molecule has 8 atom stereocenters. The van der Waals surface area contributed by atoms with Crippen molar-refractivity contribution < 1.29 is 9.50 Å². The number of hydrogen-bond donors (Lipinski definition) is 1. The third-order valence-electron chi connectivity index (χ3n) is 8.59. The van der Waals surface area contributed by atoms with Gasteiger partial charge in [0.05, 0.1) is 6.10 Å². The van der Waals surface area contributed by atoms with Crippen molar-refractivity contribution in [2.24, 2.45) is 34.5 Å². The minimum absolute atomic E-state index is 0.0788. The van der Waals surface area contributed by atoms with Crippen molar-refractivity contribution in [3.8, 4) is 0 Å². The maximum absolute atomic E-state index is 15.1. The molecule has 0 heterocycles. The normalized spacial score (nSPS) is 56.1. The largest absolute Gasteiger partial charge is 0.389 e. The number of allylic oxidation sites excluding steroid dienone is 1. The third-order valence-corrected chi connectivity index (χ3v) is 8.59. The van der Waals surface area contributed by atoms with Gasteiger partial charge in [-0.3, -0.25) is 0 Å². The van der Waals surface area contributed by atoms with Gasteiger partial charge in [0.2, 0.25) is 0 Å². The zero-order valence-corrected chi connectivity index (χ0v) is 15.0. The first-order valence-corrected chi connectivity index (χ1v) is 9.89. The van der Waals surface area contributed by atoms with Gasteiger partial charge in [0.15, 0.2) is 0 Å². The highest BCUT2D eigenvalue weighted by molar-refractivity contribution is 5.25. The second kappa shape index (κ2) is 5.31. The summed E-state index contributed by atoms with van der Waals surface area (Å²) < 4.78 is 15.1. The summed E-state index contributed by atoms with van der Waals surface area (Å²) in [4.78, 5) is 0. The molecular formula is C21H33FO. The molecule has 3 fully saturated rings. The molecule has 0 aromatic rings. The zero-order chi connectivity index (χ0) is 16.4. The molecule has 0 aliphatic heterocycles. The summed E-state index contributed by atoms with van der Waals surface area (Å²) in [7, 11) is 0. The van der Waals surface area contributed by atoms with Crippen molar-refractivity contribution in [2.75, 3.05) is 0 Å². The van der Waals surface area contributed by atoms with Crippen LogP contribution in [0.4, 0.5) is 4.39 Å². The predicted octanol–water partition coefficient (Wildman–Crippen LogP) is 5.28. The molecule has 4 aliphatic rings. The maximum atomic E-state index is 15.1. The Labute approximate surface area is 140 Å². The van der Waals surface area contributed by atoms with Crippen LogP contribution in [-0.4, -0.2) is 17.4 Å². The molecule has 0 aromatic carbocycles. The number of fused-ring (bicyclic) bond motifs is 5. The van der Waals surface area contributed by atoms with E-state index in [1.165, 1.54) is 24.8 Å². The van der Waals surface area contributed by atoms with Gasteiger partial charge < -0.3 is 5.11 Å². The van der Waals surface area contributed by atoms with E-state index in [2.05, 4.69) is 26.8 Å². The van der Waals surface area contributed by atoms with Crippen LogP contribution in [-0.2, 0) is 0 Å². The number of aliphatic hydroxyl groups is 1. The Bertz CT molecular complexity index is 514. The minimum atomic E-state index is -0.611. The van der Waals surface area contributed by atoms with Crippen molar-refractivity contribution >= 4 is 0 Å². The molecule has 4 rings (SSSR count). The molecular weight excluding hydrogens is 287 g/mol. The molecule has 0 aromatic heterocycles. The number of aliphatic hydroxyl groups excluding tert-OH is 1. The first-order valence-electron chi connectivity index (χ1n) is 9.89. The topological polar surface area (TPSA) is 20.2 Å². The lowest BCUT2D eigenvalue weighted by Gasteiger charge is -2.61. The fourth-order valence-electron chi connectivity index (χ4n) is 7.18. The zero-order valence-electron chi connectivity index (χ0n) is 15.0. The van der Waals surface area contributed by atoms with Crippen LogP contribution in [0.2, 0.25) is 0 Å². The predicted molar refractivity (Wildman–Crippen MR) is 91.8 cm³/mol. The molecule has 4 aliphatic carbocycles. The molecule has 0 amide bonds. The highest BCUT2D eigenvalue weighted by atomic mass is 19.1. The summed E-state index contributed by atoms with van der Waals surface area (Å²) in [5.41, 5.74) is 1.71. The van der Waals surface area contributed by atoms with Gasteiger partial charge >= 0.3 is 0 Å². The average Bonchev–Trinajstić information content (AvgIpc) is 2.52. The van der Waals surface area contributed by atoms with E-state index in [9.17, 15) is 5.11 Å². The Kier molecular flexibility index (Phi) is 3.72. The van der Waals surface area contributed by atoms with E-state index < -0.39 is 6.17 Å². The maximum Gasteiger partial charge on any atom is 0.108 e. The second-order valence-electron chi connectivity index (χ2n) is 9.63. The van der Waals surface area contributed by atoms with E-state index in [1.54, 1.807) is 0 Å². The summed E-state index contributed by atoms with van der Waals surface area (Å²) in [5.74, 6) is 2.25. The number of alkyl halides is 1. The Balaban J connectivity index is 1.66. The first kappa shape index (κ1) is 16.1. The van der Waals surface area contributed by atoms with Crippen molar-refractivity contribution in [2.45, 2.75) is 84.4 Å². The Morgan fingerprint density at radius 3 is 2.61 bits per heavy atom. The molecule has 4 unspecified atom stereocenters. The Morgan fingerprint density at radius 1 is 1.04 bits per heavy atom. The molecule has 0 bridgehead atoms. The Hall–Kier alpha value is -0.370. The van der Waals surface area contributed by atoms with Crippen LogP contribution >= 0.6 is 0 Å². The quantitative estimate of drug-likeness (QED) is 0.602. The Morgan fingerprint density at radius 2 is 1.83 bits per heavy atom. The minimum Gasteiger partial charge on any atom is -0.389 e. The van der Waals surface area contributed by atoms with Crippen molar-refractivity contribution in [1.82, 2.24) is 0 Å². The van der Waals surface area contributed by atoms with E-state index in [1.807, 2.05) is 0 Å². The van der Waals surface area contributed by atoms with Crippen LogP contribution in [0, 0.1) is 34.5 Å². The highest BCUT2D eigenvalue weighted by Gasteiger charge is 2.58. The van der Waals surface area contributed by atoms with Gasteiger partial charge in [-0.15, -0.1) is 0 Å².